The molecule has 0 aliphatic carbocycles. The van der Waals surface area contributed by atoms with Crippen LogP contribution < -0.4 is 14.0 Å². The molecule has 44 heavy (non-hydrogen) atoms. The van der Waals surface area contributed by atoms with Crippen LogP contribution in [0.4, 0.5) is 0 Å². The van der Waals surface area contributed by atoms with Crippen LogP contribution in [0.15, 0.2) is 67.3 Å². The number of benzene rings is 2. The number of hydroxylamine groups is 2. The Hall–Kier alpha value is -2.83. The maximum Gasteiger partial charge on any atom is 0.243 e. The van der Waals surface area contributed by atoms with Gasteiger partial charge in [-0.1, -0.05) is 89.0 Å². The number of aromatic nitrogens is 2. The second-order valence-electron chi connectivity index (χ2n) is 13.3. The van der Waals surface area contributed by atoms with Gasteiger partial charge in [-0.15, -0.1) is 10.3 Å². The van der Waals surface area contributed by atoms with Crippen molar-refractivity contribution in [2.45, 2.75) is 128 Å². The number of ether oxygens (including phenoxy) is 2. The van der Waals surface area contributed by atoms with Gasteiger partial charge in [0.15, 0.2) is 0 Å². The molecule has 1 fully saturated rings. The number of unbranched alkanes of at least 4 members (excludes halogenated alkanes) is 10. The highest BCUT2D eigenvalue weighted by molar-refractivity contribution is 5.36. The Morgan fingerprint density at radius 1 is 0.682 bits per heavy atom. The molecule has 4 rings (SSSR count). The fourth-order valence-corrected chi connectivity index (χ4v) is 6.58. The molecule has 0 saturated carbocycles. The highest BCUT2D eigenvalue weighted by atomic mass is 16.5. The Labute approximate surface area is 267 Å². The van der Waals surface area contributed by atoms with Crippen molar-refractivity contribution in [2.24, 2.45) is 7.05 Å². The van der Waals surface area contributed by atoms with Crippen molar-refractivity contribution in [3.63, 3.8) is 0 Å². The number of nitrogens with zero attached hydrogens (tertiary/aromatic N) is 3. The van der Waals surface area contributed by atoms with Gasteiger partial charge >= 0.3 is 0 Å². The van der Waals surface area contributed by atoms with Gasteiger partial charge in [-0.05, 0) is 81.3 Å². The molecular formula is C38H57N3O3+. The lowest BCUT2D eigenvalue weighted by molar-refractivity contribution is -0.671. The molecule has 2 heterocycles. The molecule has 0 N–H and O–H groups in total. The van der Waals surface area contributed by atoms with Crippen molar-refractivity contribution >= 4 is 0 Å². The van der Waals surface area contributed by atoms with E-state index in [2.05, 4.69) is 72.9 Å². The van der Waals surface area contributed by atoms with Crippen LogP contribution in [0.25, 0.3) is 0 Å². The van der Waals surface area contributed by atoms with E-state index in [4.69, 9.17) is 9.47 Å². The van der Waals surface area contributed by atoms with Crippen LogP contribution in [0.1, 0.15) is 122 Å². The van der Waals surface area contributed by atoms with Crippen molar-refractivity contribution in [1.82, 2.24) is 9.63 Å². The smallest absolute Gasteiger partial charge is 0.243 e. The Morgan fingerprint density at radius 3 is 1.59 bits per heavy atom. The molecule has 6 heteroatoms. The van der Waals surface area contributed by atoms with Crippen LogP contribution in [0.3, 0.4) is 0 Å². The molecule has 1 saturated heterocycles. The van der Waals surface area contributed by atoms with Crippen molar-refractivity contribution in [3.05, 3.63) is 78.4 Å². The average Bonchev–Trinajstić information content (AvgIpc) is 3.56. The van der Waals surface area contributed by atoms with E-state index in [1.54, 1.807) is 0 Å². The normalized spacial score (nSPS) is 20.3. The summed E-state index contributed by atoms with van der Waals surface area (Å²) in [6.07, 6.45) is 23.2. The van der Waals surface area contributed by atoms with Crippen molar-refractivity contribution in [3.8, 4) is 11.5 Å². The zero-order valence-electron chi connectivity index (χ0n) is 27.9. The summed E-state index contributed by atoms with van der Waals surface area (Å²) >= 11 is 0. The first-order valence-corrected chi connectivity index (χ1v) is 17.3. The molecule has 0 unspecified atom stereocenters. The molecule has 241 valence electrons. The molecule has 2 aromatic carbocycles. The summed E-state index contributed by atoms with van der Waals surface area (Å²) in [4.78, 5) is 0. The van der Waals surface area contributed by atoms with Gasteiger partial charge in [-0.2, -0.15) is 0 Å². The summed E-state index contributed by atoms with van der Waals surface area (Å²) in [6.45, 7) is 8.87. The molecule has 2 atom stereocenters. The summed E-state index contributed by atoms with van der Waals surface area (Å²) in [5.41, 5.74) is 0.942. The minimum absolute atomic E-state index is 0.574. The summed E-state index contributed by atoms with van der Waals surface area (Å²) in [7, 11) is 2.04. The zero-order valence-corrected chi connectivity index (χ0v) is 27.9. The molecule has 1 radical (unpaired) electrons. The third-order valence-electron chi connectivity index (χ3n) is 9.62. The lowest BCUT2D eigenvalue weighted by atomic mass is 9.89. The highest BCUT2D eigenvalue weighted by Crippen LogP contribution is 2.51. The van der Waals surface area contributed by atoms with Crippen LogP contribution in [0.2, 0.25) is 0 Å². The van der Waals surface area contributed by atoms with Gasteiger partial charge in [0.2, 0.25) is 6.33 Å². The van der Waals surface area contributed by atoms with E-state index in [1.807, 2.05) is 31.3 Å². The standard InChI is InChI=1S/C38H57N3O3/c1-5-6-7-8-9-10-11-12-13-15-30-43-35-21-17-33(18-22-35)37(2)25-26-38(3,41(37)42)34-19-23-36(24-20-34)44-31-16-14-27-40-29-28-39(4)32-40/h17-24,28-29,32H,5-16,25-27,30-31H2,1-4H3/q+1/t37-,38+/m0/s1. The average molecular weight is 604 g/mol. The quantitative estimate of drug-likeness (QED) is 0.0956. The summed E-state index contributed by atoms with van der Waals surface area (Å²) in [6, 6.07) is 16.4. The number of hydrogen-bond donors (Lipinski definition) is 0. The Kier molecular flexibility index (Phi) is 13.2. The Balaban J connectivity index is 1.18. The van der Waals surface area contributed by atoms with Gasteiger partial charge in [0.1, 0.15) is 23.9 Å². The SMILES string of the molecule is CCCCCCCCCCCCOc1ccc([C@]2(C)CC[C@](C)(c3ccc(OCCCCn4cc[n+](C)c4)cc3)N2[O])cc1. The maximum atomic E-state index is 13.9. The summed E-state index contributed by atoms with van der Waals surface area (Å²) in [5, 5.41) is 15.2. The third-order valence-corrected chi connectivity index (χ3v) is 9.62. The first kappa shape index (κ1) is 34.1. The van der Waals surface area contributed by atoms with Gasteiger partial charge in [-0.25, -0.2) is 9.13 Å². The molecule has 0 bridgehead atoms. The minimum atomic E-state index is -0.579. The number of imidazole rings is 1. The number of hydrogen-bond acceptors (Lipinski definition) is 3. The largest absolute Gasteiger partial charge is 0.494 e. The van der Waals surface area contributed by atoms with Crippen LogP contribution in [0.5, 0.6) is 11.5 Å². The molecule has 1 aromatic heterocycles. The predicted octanol–water partition coefficient (Wildman–Crippen LogP) is 9.04. The second-order valence-corrected chi connectivity index (χ2v) is 13.3. The van der Waals surface area contributed by atoms with E-state index >= 15 is 0 Å². The molecule has 6 nitrogen and oxygen atoms in total. The summed E-state index contributed by atoms with van der Waals surface area (Å²) in [5.74, 6) is 1.75. The number of rotatable bonds is 20. The van der Waals surface area contributed by atoms with Gasteiger partial charge in [0.05, 0.1) is 37.9 Å². The van der Waals surface area contributed by atoms with Crippen LogP contribution in [-0.2, 0) is 29.9 Å². The molecule has 1 aliphatic rings. The Morgan fingerprint density at radius 2 is 1.14 bits per heavy atom. The predicted molar refractivity (Wildman–Crippen MR) is 177 cm³/mol. The monoisotopic (exact) mass is 603 g/mol. The Bertz CT molecular complexity index is 1220. The second kappa shape index (κ2) is 17.0. The van der Waals surface area contributed by atoms with Crippen molar-refractivity contribution in [2.75, 3.05) is 13.2 Å². The van der Waals surface area contributed by atoms with Crippen LogP contribution in [-0.4, -0.2) is 22.8 Å². The van der Waals surface area contributed by atoms with Crippen molar-refractivity contribution < 1.29 is 19.2 Å². The summed E-state index contributed by atoms with van der Waals surface area (Å²) < 4.78 is 16.3. The van der Waals surface area contributed by atoms with E-state index in [0.29, 0.717) is 6.61 Å². The lowest BCUT2D eigenvalue weighted by Crippen LogP contribution is -2.44. The van der Waals surface area contributed by atoms with Gasteiger partial charge in [0, 0.05) is 0 Å². The number of aryl methyl sites for hydroxylation is 2. The van der Waals surface area contributed by atoms with Gasteiger partial charge in [0.25, 0.3) is 0 Å². The van der Waals surface area contributed by atoms with E-state index in [9.17, 15) is 5.21 Å². The molecule has 3 aromatic rings. The topological polar surface area (TPSA) is 50.4 Å². The first-order valence-electron chi connectivity index (χ1n) is 17.3. The molecular weight excluding hydrogens is 546 g/mol. The molecule has 0 amide bonds. The van der Waals surface area contributed by atoms with Crippen molar-refractivity contribution in [1.29, 1.82) is 0 Å². The van der Waals surface area contributed by atoms with E-state index in [0.717, 1.165) is 67.9 Å². The molecule has 0 spiro atoms. The van der Waals surface area contributed by atoms with Crippen LogP contribution >= 0.6 is 0 Å². The fraction of sp³-hybridized carbons (Fsp3) is 0.605. The first-order chi connectivity index (χ1) is 21.3. The van der Waals surface area contributed by atoms with Crippen LogP contribution in [0, 0.1) is 0 Å². The highest BCUT2D eigenvalue weighted by Gasteiger charge is 2.52. The van der Waals surface area contributed by atoms with E-state index in [-0.39, 0.29) is 0 Å². The minimum Gasteiger partial charge on any atom is -0.494 e. The van der Waals surface area contributed by atoms with E-state index in [1.165, 1.54) is 62.9 Å². The van der Waals surface area contributed by atoms with Gasteiger partial charge < -0.3 is 9.47 Å². The third kappa shape index (κ3) is 9.34. The van der Waals surface area contributed by atoms with Gasteiger partial charge in [-0.3, -0.25) is 0 Å². The van der Waals surface area contributed by atoms with E-state index < -0.39 is 11.1 Å². The molecule has 1 aliphatic heterocycles. The fourth-order valence-electron chi connectivity index (χ4n) is 6.58. The lowest BCUT2D eigenvalue weighted by Gasteiger charge is -2.37. The maximum absolute atomic E-state index is 13.9. The zero-order chi connectivity index (χ0) is 31.3.